The number of amides is 4. The third kappa shape index (κ3) is 11.3. The number of hydrogen-bond acceptors (Lipinski definition) is 6. The highest BCUT2D eigenvalue weighted by atomic mass is 16.3. The van der Waals surface area contributed by atoms with Crippen LogP contribution in [0.5, 0.6) is 0 Å². The number of carbonyl (C=O) groups excluding carboxylic acids is 4. The highest BCUT2D eigenvalue weighted by Gasteiger charge is 2.36. The van der Waals surface area contributed by atoms with Gasteiger partial charge in [0.2, 0.25) is 23.6 Å². The lowest BCUT2D eigenvalue weighted by molar-refractivity contribution is -0.141. The summed E-state index contributed by atoms with van der Waals surface area (Å²) < 4.78 is 0. The molecule has 1 unspecified atom stereocenters. The number of aliphatic hydroxyl groups is 1. The fraction of sp³-hybridized carbons (Fsp3) is 0.730. The number of likely N-dealkylation sites (tertiary alicyclic amines) is 1. The molecule has 1 aromatic rings. The highest BCUT2D eigenvalue weighted by molar-refractivity contribution is 5.90. The lowest BCUT2D eigenvalue weighted by atomic mass is 9.91. The van der Waals surface area contributed by atoms with Gasteiger partial charge in [0.05, 0.1) is 18.2 Å². The number of likely N-dealkylation sites (N-methyl/N-ethyl adjacent to an activating group) is 2. The Hall–Kier alpha value is -2.98. The Morgan fingerprint density at radius 2 is 1.55 bits per heavy atom. The molecule has 0 bridgehead atoms. The molecule has 0 aliphatic carbocycles. The van der Waals surface area contributed by atoms with E-state index < -0.39 is 24.2 Å². The van der Waals surface area contributed by atoms with Crippen molar-refractivity contribution in [2.75, 3.05) is 20.6 Å². The zero-order valence-corrected chi connectivity index (χ0v) is 30.6. The summed E-state index contributed by atoms with van der Waals surface area (Å²) in [5.41, 5.74) is 0.751. The van der Waals surface area contributed by atoms with E-state index >= 15 is 0 Å². The molecule has 2 rings (SSSR count). The third-order valence-corrected chi connectivity index (χ3v) is 10.0. The summed E-state index contributed by atoms with van der Waals surface area (Å²) >= 11 is 0. The van der Waals surface area contributed by atoms with E-state index in [1.54, 1.807) is 25.9 Å². The maximum absolute atomic E-state index is 13.8. The van der Waals surface area contributed by atoms with Crippen molar-refractivity contribution in [2.45, 2.75) is 130 Å². The van der Waals surface area contributed by atoms with Crippen LogP contribution < -0.4 is 16.0 Å². The van der Waals surface area contributed by atoms with Gasteiger partial charge in [-0.3, -0.25) is 19.2 Å². The molecule has 4 N–H and O–H groups in total. The fourth-order valence-electron chi connectivity index (χ4n) is 6.76. The molecule has 1 aliphatic rings. The van der Waals surface area contributed by atoms with Gasteiger partial charge in [-0.15, -0.1) is 0 Å². The van der Waals surface area contributed by atoms with E-state index in [1.165, 1.54) is 0 Å². The Kier molecular flexibility index (Phi) is 16.4. The van der Waals surface area contributed by atoms with Crippen LogP contribution in [-0.4, -0.2) is 89.4 Å². The van der Waals surface area contributed by atoms with Crippen LogP contribution in [0.4, 0.5) is 0 Å². The highest BCUT2D eigenvalue weighted by Crippen LogP contribution is 2.27. The first-order chi connectivity index (χ1) is 22.1. The molecule has 1 heterocycles. The molecule has 10 nitrogen and oxygen atoms in total. The molecule has 47 heavy (non-hydrogen) atoms. The second-order valence-corrected chi connectivity index (χ2v) is 14.4. The standard InChI is InChI=1S/C37H63N5O5/c1-11-25(6)30(41(10)37(47)33(24(4)5)40-36(46)32(38-9)23(2)3)19-20-31(43)42-21-15-18-29(42)22-26(7)35(45)39-27(8)34(44)28-16-13-12-14-17-28/h12-14,16-17,23-27,29-30,32-34,38,44H,11,15,18-22H2,1-10H3,(H,39,45)(H,40,46)/t25-,26+,27+,29-,30?,32-,33-,34+/m0/s1. The summed E-state index contributed by atoms with van der Waals surface area (Å²) in [6.07, 6.45) is 3.16. The topological polar surface area (TPSA) is 131 Å². The molecule has 1 fully saturated rings. The van der Waals surface area contributed by atoms with Crippen LogP contribution in [0, 0.1) is 23.7 Å². The van der Waals surface area contributed by atoms with Crippen LogP contribution in [0.3, 0.4) is 0 Å². The molecule has 0 spiro atoms. The number of rotatable bonds is 18. The number of hydrogen-bond donors (Lipinski definition) is 4. The Bertz CT molecular complexity index is 1150. The molecule has 10 heteroatoms. The monoisotopic (exact) mass is 657 g/mol. The van der Waals surface area contributed by atoms with E-state index in [2.05, 4.69) is 29.8 Å². The minimum absolute atomic E-state index is 0.0272. The van der Waals surface area contributed by atoms with Crippen molar-refractivity contribution in [3.05, 3.63) is 35.9 Å². The van der Waals surface area contributed by atoms with Crippen molar-refractivity contribution in [3.63, 3.8) is 0 Å². The van der Waals surface area contributed by atoms with Crippen LogP contribution in [-0.2, 0) is 19.2 Å². The number of nitrogens with one attached hydrogen (secondary N) is 3. The summed E-state index contributed by atoms with van der Waals surface area (Å²) in [6, 6.07) is 7.57. The Morgan fingerprint density at radius 1 is 0.936 bits per heavy atom. The van der Waals surface area contributed by atoms with Crippen molar-refractivity contribution in [2.24, 2.45) is 23.7 Å². The first-order valence-electron chi connectivity index (χ1n) is 17.7. The average Bonchev–Trinajstić information content (AvgIpc) is 3.50. The SMILES string of the molecule is CC[C@H](C)C(CCC(=O)N1CCC[C@H]1C[C@@H](C)C(=O)N[C@H](C)[C@@H](O)c1ccccc1)N(C)C(=O)[C@@H](NC(=O)[C@@H](NC)C(C)C)C(C)C. The second-order valence-electron chi connectivity index (χ2n) is 14.4. The van der Waals surface area contributed by atoms with Crippen molar-refractivity contribution < 1.29 is 24.3 Å². The summed E-state index contributed by atoms with van der Waals surface area (Å²) in [7, 11) is 3.54. The average molecular weight is 658 g/mol. The van der Waals surface area contributed by atoms with Crippen LogP contribution in [0.25, 0.3) is 0 Å². The fourth-order valence-corrected chi connectivity index (χ4v) is 6.76. The molecular formula is C37H63N5O5. The Balaban J connectivity index is 2.04. The van der Waals surface area contributed by atoms with Crippen molar-refractivity contribution in [1.29, 1.82) is 0 Å². The van der Waals surface area contributed by atoms with E-state index in [4.69, 9.17) is 0 Å². The van der Waals surface area contributed by atoms with Gasteiger partial charge in [0.15, 0.2) is 0 Å². The summed E-state index contributed by atoms with van der Waals surface area (Å²) in [4.78, 5) is 57.2. The lowest BCUT2D eigenvalue weighted by Gasteiger charge is -2.37. The number of carbonyl (C=O) groups is 4. The van der Waals surface area contributed by atoms with Gasteiger partial charge in [0.25, 0.3) is 0 Å². The smallest absolute Gasteiger partial charge is 0.245 e. The van der Waals surface area contributed by atoms with E-state index in [1.807, 2.05) is 69.9 Å². The van der Waals surface area contributed by atoms with Crippen molar-refractivity contribution in [1.82, 2.24) is 25.8 Å². The minimum atomic E-state index is -0.808. The maximum atomic E-state index is 13.8. The maximum Gasteiger partial charge on any atom is 0.245 e. The van der Waals surface area contributed by atoms with Crippen LogP contribution in [0.15, 0.2) is 30.3 Å². The summed E-state index contributed by atoms with van der Waals surface area (Å²) in [6.45, 7) is 16.3. The van der Waals surface area contributed by atoms with Gasteiger partial charge in [0, 0.05) is 38.0 Å². The number of aliphatic hydroxyl groups excluding tert-OH is 1. The van der Waals surface area contributed by atoms with Crippen molar-refractivity contribution in [3.8, 4) is 0 Å². The Morgan fingerprint density at radius 3 is 2.11 bits per heavy atom. The summed E-state index contributed by atoms with van der Waals surface area (Å²) in [5, 5.41) is 19.7. The van der Waals surface area contributed by atoms with Crippen molar-refractivity contribution >= 4 is 23.6 Å². The molecule has 1 aliphatic heterocycles. The molecule has 8 atom stereocenters. The zero-order chi connectivity index (χ0) is 35.4. The van der Waals surface area contributed by atoms with Crippen LogP contribution in [0.1, 0.15) is 106 Å². The first-order valence-corrected chi connectivity index (χ1v) is 17.7. The molecule has 0 aromatic heterocycles. The second kappa shape index (κ2) is 19.1. The first kappa shape index (κ1) is 40.2. The van der Waals surface area contributed by atoms with Gasteiger partial charge in [0.1, 0.15) is 6.04 Å². The van der Waals surface area contributed by atoms with Crippen LogP contribution >= 0.6 is 0 Å². The van der Waals surface area contributed by atoms with Crippen LogP contribution in [0.2, 0.25) is 0 Å². The molecule has 0 saturated carbocycles. The molecule has 0 radical (unpaired) electrons. The summed E-state index contributed by atoms with van der Waals surface area (Å²) in [5.74, 6) is -0.619. The predicted octanol–water partition coefficient (Wildman–Crippen LogP) is 4.28. The van der Waals surface area contributed by atoms with Gasteiger partial charge in [-0.05, 0) is 63.0 Å². The quantitative estimate of drug-likeness (QED) is 0.187. The molecule has 1 saturated heterocycles. The zero-order valence-electron chi connectivity index (χ0n) is 30.6. The van der Waals surface area contributed by atoms with Gasteiger partial charge < -0.3 is 30.9 Å². The van der Waals surface area contributed by atoms with Gasteiger partial charge in [-0.2, -0.15) is 0 Å². The van der Waals surface area contributed by atoms with E-state index in [0.29, 0.717) is 25.8 Å². The number of benzene rings is 1. The van der Waals surface area contributed by atoms with Gasteiger partial charge in [-0.1, -0.05) is 85.2 Å². The minimum Gasteiger partial charge on any atom is -0.386 e. The van der Waals surface area contributed by atoms with Gasteiger partial charge in [-0.25, -0.2) is 0 Å². The predicted molar refractivity (Wildman–Crippen MR) is 187 cm³/mol. The normalized spacial score (nSPS) is 19.4. The lowest BCUT2D eigenvalue weighted by Crippen LogP contribution is -2.57. The number of nitrogens with zero attached hydrogens (tertiary/aromatic N) is 2. The molecule has 1 aromatic carbocycles. The molecule has 266 valence electrons. The molecular weight excluding hydrogens is 594 g/mol. The molecule has 4 amide bonds. The Labute approximate surface area is 283 Å². The van der Waals surface area contributed by atoms with E-state index in [9.17, 15) is 24.3 Å². The van der Waals surface area contributed by atoms with E-state index in [-0.39, 0.29) is 59.4 Å². The third-order valence-electron chi connectivity index (χ3n) is 10.0. The van der Waals surface area contributed by atoms with E-state index in [0.717, 1.165) is 24.8 Å². The largest absolute Gasteiger partial charge is 0.386 e. The van der Waals surface area contributed by atoms with Gasteiger partial charge >= 0.3 is 0 Å².